The number of fused-ring (bicyclic) bond motifs is 1. The number of hydrogen-bond donors (Lipinski definition) is 1. The van der Waals surface area contributed by atoms with E-state index in [0.717, 1.165) is 25.3 Å². The van der Waals surface area contributed by atoms with Gasteiger partial charge in [0.25, 0.3) is 11.5 Å². The van der Waals surface area contributed by atoms with Crippen LogP contribution in [-0.2, 0) is 6.54 Å². The Labute approximate surface area is 152 Å². The summed E-state index contributed by atoms with van der Waals surface area (Å²) in [6.45, 7) is 3.00. The van der Waals surface area contributed by atoms with Crippen molar-refractivity contribution in [3.8, 4) is 0 Å². The predicted octanol–water partition coefficient (Wildman–Crippen LogP) is 2.45. The number of nitrogens with one attached hydrogen (secondary N) is 1. The second-order valence-corrected chi connectivity index (χ2v) is 7.70. The molecule has 3 aromatic rings. The second-order valence-electron chi connectivity index (χ2n) is 5.97. The lowest BCUT2D eigenvalue weighted by molar-refractivity contribution is 0.102. The Balaban J connectivity index is 1.47. The van der Waals surface area contributed by atoms with Crippen molar-refractivity contribution in [3.05, 3.63) is 44.8 Å². The normalized spacial score (nSPS) is 15.5. The maximum absolute atomic E-state index is 12.4. The van der Waals surface area contributed by atoms with Crippen LogP contribution < -0.4 is 10.9 Å². The molecule has 4 heterocycles. The molecule has 1 N–H and O–H groups in total. The molecule has 1 fully saturated rings. The zero-order chi connectivity index (χ0) is 17.2. The van der Waals surface area contributed by atoms with E-state index in [0.29, 0.717) is 10.1 Å². The van der Waals surface area contributed by atoms with Crippen molar-refractivity contribution in [1.82, 2.24) is 19.3 Å². The summed E-state index contributed by atoms with van der Waals surface area (Å²) >= 11 is 2.73. The number of amides is 1. The second kappa shape index (κ2) is 7.03. The summed E-state index contributed by atoms with van der Waals surface area (Å²) in [4.78, 5) is 36.3. The van der Waals surface area contributed by atoms with Crippen LogP contribution in [0.4, 0.5) is 5.13 Å². The van der Waals surface area contributed by atoms with Crippen LogP contribution in [0.25, 0.3) is 4.96 Å². The Morgan fingerprint density at radius 2 is 2.08 bits per heavy atom. The summed E-state index contributed by atoms with van der Waals surface area (Å²) < 4.78 is 1.38. The lowest BCUT2D eigenvalue weighted by Gasteiger charge is -2.25. The number of carbonyl (C=O) groups is 1. The molecule has 7 nitrogen and oxygen atoms in total. The number of anilines is 1. The van der Waals surface area contributed by atoms with Crippen LogP contribution in [-0.4, -0.2) is 38.3 Å². The van der Waals surface area contributed by atoms with E-state index in [9.17, 15) is 9.59 Å². The molecule has 0 aliphatic carbocycles. The summed E-state index contributed by atoms with van der Waals surface area (Å²) in [5.41, 5.74) is 0.600. The number of piperidine rings is 1. The van der Waals surface area contributed by atoms with Gasteiger partial charge in [-0.15, -0.1) is 22.7 Å². The molecular weight excluding hydrogens is 358 g/mol. The first-order valence-electron chi connectivity index (χ1n) is 8.14. The van der Waals surface area contributed by atoms with Crippen molar-refractivity contribution in [3.63, 3.8) is 0 Å². The highest BCUT2D eigenvalue weighted by Crippen LogP contribution is 2.19. The Morgan fingerprint density at radius 1 is 1.24 bits per heavy atom. The van der Waals surface area contributed by atoms with Gasteiger partial charge < -0.3 is 0 Å². The van der Waals surface area contributed by atoms with Gasteiger partial charge in [0.1, 0.15) is 5.56 Å². The van der Waals surface area contributed by atoms with Gasteiger partial charge in [-0.2, -0.15) is 0 Å². The molecule has 0 saturated carbocycles. The predicted molar refractivity (Wildman–Crippen MR) is 98.5 cm³/mol. The van der Waals surface area contributed by atoms with Crippen LogP contribution >= 0.6 is 22.7 Å². The van der Waals surface area contributed by atoms with Gasteiger partial charge in [-0.05, 0) is 25.9 Å². The molecule has 0 atom stereocenters. The average Bonchev–Trinajstić information content (AvgIpc) is 3.26. The Hall–Kier alpha value is -2.10. The zero-order valence-corrected chi connectivity index (χ0v) is 15.1. The molecule has 4 rings (SSSR count). The van der Waals surface area contributed by atoms with Crippen LogP contribution in [0.2, 0.25) is 0 Å². The molecule has 0 bridgehead atoms. The lowest BCUT2D eigenvalue weighted by Crippen LogP contribution is -2.29. The molecule has 9 heteroatoms. The average molecular weight is 375 g/mol. The smallest absolute Gasteiger partial charge is 0.271 e. The van der Waals surface area contributed by atoms with Crippen molar-refractivity contribution in [2.75, 3.05) is 18.4 Å². The van der Waals surface area contributed by atoms with Gasteiger partial charge in [0.05, 0.1) is 5.69 Å². The Bertz CT molecular complexity index is 955. The van der Waals surface area contributed by atoms with Gasteiger partial charge >= 0.3 is 0 Å². The number of aromatic nitrogens is 3. The summed E-state index contributed by atoms with van der Waals surface area (Å²) in [6.07, 6.45) is 6.70. The highest BCUT2D eigenvalue weighted by molar-refractivity contribution is 7.15. The standard InChI is InChI=1S/C16H17N5O2S2/c22-13(12-8-17-16-21(14(12)23)6-7-24-16)19-15-18-11(10-25-15)9-20-4-2-1-3-5-20/h6-8,10H,1-5,9H2,(H,18,19,22). The molecule has 0 unspecified atom stereocenters. The third kappa shape index (κ3) is 3.48. The van der Waals surface area contributed by atoms with Crippen molar-refractivity contribution in [1.29, 1.82) is 0 Å². The zero-order valence-electron chi connectivity index (χ0n) is 13.5. The maximum Gasteiger partial charge on any atom is 0.271 e. The molecular formula is C16H17N5O2S2. The minimum absolute atomic E-state index is 0.0173. The molecule has 0 radical (unpaired) electrons. The van der Waals surface area contributed by atoms with Crippen molar-refractivity contribution in [2.45, 2.75) is 25.8 Å². The fraction of sp³-hybridized carbons (Fsp3) is 0.375. The SMILES string of the molecule is O=C(Nc1nc(CN2CCCCC2)cs1)c1cnc2sccn2c1=O. The molecule has 1 aliphatic heterocycles. The van der Waals surface area contributed by atoms with Gasteiger partial charge in [-0.1, -0.05) is 6.42 Å². The van der Waals surface area contributed by atoms with Gasteiger partial charge in [-0.3, -0.25) is 24.2 Å². The van der Waals surface area contributed by atoms with Crippen LogP contribution in [0.5, 0.6) is 0 Å². The van der Waals surface area contributed by atoms with Crippen LogP contribution in [0.15, 0.2) is 27.9 Å². The van der Waals surface area contributed by atoms with E-state index in [4.69, 9.17) is 0 Å². The molecule has 1 amide bonds. The van der Waals surface area contributed by atoms with E-state index in [2.05, 4.69) is 20.2 Å². The largest absolute Gasteiger partial charge is 0.298 e. The first-order valence-corrected chi connectivity index (χ1v) is 9.89. The number of nitrogens with zero attached hydrogens (tertiary/aromatic N) is 4. The van der Waals surface area contributed by atoms with Crippen molar-refractivity contribution in [2.24, 2.45) is 0 Å². The van der Waals surface area contributed by atoms with E-state index in [-0.39, 0.29) is 11.1 Å². The molecule has 25 heavy (non-hydrogen) atoms. The summed E-state index contributed by atoms with van der Waals surface area (Å²) in [5.74, 6) is -0.475. The first-order chi connectivity index (χ1) is 12.2. The molecule has 1 saturated heterocycles. The fourth-order valence-electron chi connectivity index (χ4n) is 2.93. The number of thiazole rings is 2. The third-order valence-corrected chi connectivity index (χ3v) is 5.77. The van der Waals surface area contributed by atoms with Crippen molar-refractivity contribution >= 4 is 38.7 Å². The Kier molecular flexibility index (Phi) is 4.60. The number of rotatable bonds is 4. The van der Waals surface area contributed by atoms with E-state index in [1.807, 2.05) is 5.38 Å². The number of hydrogen-bond acceptors (Lipinski definition) is 7. The van der Waals surface area contributed by atoms with Crippen LogP contribution in [0.3, 0.4) is 0 Å². The molecule has 0 spiro atoms. The van der Waals surface area contributed by atoms with Crippen LogP contribution in [0.1, 0.15) is 35.3 Å². The first kappa shape index (κ1) is 16.4. The molecule has 0 aromatic carbocycles. The van der Waals surface area contributed by atoms with E-state index < -0.39 is 5.91 Å². The molecule has 3 aromatic heterocycles. The highest BCUT2D eigenvalue weighted by Gasteiger charge is 2.16. The fourth-order valence-corrected chi connectivity index (χ4v) is 4.30. The number of carbonyl (C=O) groups excluding carboxylic acids is 1. The minimum Gasteiger partial charge on any atom is -0.298 e. The lowest BCUT2D eigenvalue weighted by atomic mass is 10.1. The third-order valence-electron chi connectivity index (χ3n) is 4.19. The van der Waals surface area contributed by atoms with Crippen LogP contribution in [0, 0.1) is 0 Å². The quantitative estimate of drug-likeness (QED) is 0.758. The minimum atomic E-state index is -0.475. The monoisotopic (exact) mass is 375 g/mol. The highest BCUT2D eigenvalue weighted by atomic mass is 32.1. The maximum atomic E-state index is 12.4. The van der Waals surface area contributed by atoms with Gasteiger partial charge in [0.15, 0.2) is 10.1 Å². The van der Waals surface area contributed by atoms with E-state index in [1.165, 1.54) is 52.5 Å². The van der Waals surface area contributed by atoms with Gasteiger partial charge in [0, 0.05) is 29.7 Å². The topological polar surface area (TPSA) is 79.6 Å². The summed E-state index contributed by atoms with van der Waals surface area (Å²) in [6, 6.07) is 0. The van der Waals surface area contributed by atoms with Crippen molar-refractivity contribution < 1.29 is 4.79 Å². The van der Waals surface area contributed by atoms with E-state index in [1.54, 1.807) is 11.6 Å². The van der Waals surface area contributed by atoms with Gasteiger partial charge in [0.2, 0.25) is 0 Å². The summed E-state index contributed by atoms with van der Waals surface area (Å²) in [5, 5.41) is 6.94. The van der Waals surface area contributed by atoms with Gasteiger partial charge in [-0.25, -0.2) is 9.97 Å². The summed E-state index contributed by atoms with van der Waals surface area (Å²) in [7, 11) is 0. The molecule has 1 aliphatic rings. The number of likely N-dealkylation sites (tertiary alicyclic amines) is 1. The Morgan fingerprint density at radius 3 is 2.92 bits per heavy atom. The molecule has 130 valence electrons. The van der Waals surface area contributed by atoms with E-state index >= 15 is 0 Å².